The van der Waals surface area contributed by atoms with E-state index in [4.69, 9.17) is 21.4 Å². The average Bonchev–Trinajstić information content (AvgIpc) is 2.39. The first-order chi connectivity index (χ1) is 9.10. The summed E-state index contributed by atoms with van der Waals surface area (Å²) in [6, 6.07) is 7.29. The molecule has 0 aliphatic carbocycles. The monoisotopic (exact) mass is 280 g/mol. The number of aromatic nitrogens is 1. The average molecular weight is 281 g/mol. The van der Waals surface area contributed by atoms with E-state index in [2.05, 4.69) is 4.98 Å². The standard InChI is InChI=1S/C12H9ClN2O4/c13-10-5-9(2-3-11(10)15(17)18)19-12-4-1-8(7-16)6-14-12/h1-6,16H,7H2. The first-order valence-corrected chi connectivity index (χ1v) is 5.65. The number of aliphatic hydroxyl groups excluding tert-OH is 1. The fourth-order valence-corrected chi connectivity index (χ4v) is 1.62. The number of rotatable bonds is 4. The van der Waals surface area contributed by atoms with E-state index >= 15 is 0 Å². The molecule has 1 heterocycles. The number of ether oxygens (including phenoxy) is 1. The Balaban J connectivity index is 2.18. The van der Waals surface area contributed by atoms with E-state index < -0.39 is 4.92 Å². The number of aliphatic hydroxyl groups is 1. The molecule has 98 valence electrons. The minimum Gasteiger partial charge on any atom is -0.439 e. The van der Waals surface area contributed by atoms with Gasteiger partial charge in [0.15, 0.2) is 0 Å². The summed E-state index contributed by atoms with van der Waals surface area (Å²) in [5.74, 6) is 0.655. The number of halogens is 1. The molecule has 0 aliphatic heterocycles. The predicted molar refractivity (Wildman–Crippen MR) is 68.3 cm³/mol. The van der Waals surface area contributed by atoms with Crippen molar-refractivity contribution in [2.45, 2.75) is 6.61 Å². The highest BCUT2D eigenvalue weighted by Crippen LogP contribution is 2.30. The van der Waals surface area contributed by atoms with Gasteiger partial charge in [-0.3, -0.25) is 10.1 Å². The SMILES string of the molecule is O=[N+]([O-])c1ccc(Oc2ccc(CO)cn2)cc1Cl. The van der Waals surface area contributed by atoms with Crippen molar-refractivity contribution in [3.8, 4) is 11.6 Å². The molecule has 0 amide bonds. The van der Waals surface area contributed by atoms with Crippen molar-refractivity contribution in [1.82, 2.24) is 4.98 Å². The Hall–Kier alpha value is -2.18. The number of hydrogen-bond acceptors (Lipinski definition) is 5. The maximum absolute atomic E-state index is 10.6. The lowest BCUT2D eigenvalue weighted by Crippen LogP contribution is -1.92. The molecule has 0 bridgehead atoms. The summed E-state index contributed by atoms with van der Waals surface area (Å²) < 4.78 is 5.39. The number of pyridine rings is 1. The first kappa shape index (κ1) is 13.3. The normalized spacial score (nSPS) is 10.2. The summed E-state index contributed by atoms with van der Waals surface area (Å²) in [5.41, 5.74) is 0.478. The predicted octanol–water partition coefficient (Wildman–Crippen LogP) is 2.93. The van der Waals surface area contributed by atoms with Crippen molar-refractivity contribution in [1.29, 1.82) is 0 Å². The van der Waals surface area contributed by atoms with Crippen LogP contribution in [0.2, 0.25) is 5.02 Å². The molecule has 0 aliphatic rings. The lowest BCUT2D eigenvalue weighted by atomic mass is 10.3. The van der Waals surface area contributed by atoms with E-state index in [1.807, 2.05) is 0 Å². The summed E-state index contributed by atoms with van der Waals surface area (Å²) in [4.78, 5) is 14.0. The van der Waals surface area contributed by atoms with E-state index in [0.29, 0.717) is 17.2 Å². The zero-order valence-electron chi connectivity index (χ0n) is 9.62. The van der Waals surface area contributed by atoms with E-state index in [1.54, 1.807) is 12.1 Å². The van der Waals surface area contributed by atoms with Crippen LogP contribution in [0.1, 0.15) is 5.56 Å². The molecule has 1 aromatic heterocycles. The number of nitrogens with zero attached hydrogens (tertiary/aromatic N) is 2. The van der Waals surface area contributed by atoms with Crippen LogP contribution in [0.4, 0.5) is 5.69 Å². The van der Waals surface area contributed by atoms with Gasteiger partial charge in [-0.25, -0.2) is 4.98 Å². The zero-order valence-corrected chi connectivity index (χ0v) is 10.4. The highest BCUT2D eigenvalue weighted by molar-refractivity contribution is 6.32. The molecule has 2 rings (SSSR count). The minimum absolute atomic E-state index is 0.00511. The summed E-state index contributed by atoms with van der Waals surface area (Å²) in [6.07, 6.45) is 1.47. The molecular formula is C12H9ClN2O4. The Bertz CT molecular complexity index is 601. The number of nitro benzene ring substituents is 1. The molecule has 0 atom stereocenters. The fraction of sp³-hybridized carbons (Fsp3) is 0.0833. The third-order valence-corrected chi connectivity index (χ3v) is 2.62. The smallest absolute Gasteiger partial charge is 0.288 e. The second-order valence-electron chi connectivity index (χ2n) is 3.64. The van der Waals surface area contributed by atoms with Crippen molar-refractivity contribution >= 4 is 17.3 Å². The molecule has 0 saturated heterocycles. The lowest BCUT2D eigenvalue weighted by Gasteiger charge is -2.05. The number of nitro groups is 1. The van der Waals surface area contributed by atoms with Crippen LogP contribution in [-0.4, -0.2) is 15.0 Å². The maximum Gasteiger partial charge on any atom is 0.288 e. The molecule has 1 N–H and O–H groups in total. The van der Waals surface area contributed by atoms with Gasteiger partial charge >= 0.3 is 0 Å². The van der Waals surface area contributed by atoms with E-state index in [0.717, 1.165) is 0 Å². The Morgan fingerprint density at radius 3 is 2.68 bits per heavy atom. The minimum atomic E-state index is -0.569. The first-order valence-electron chi connectivity index (χ1n) is 5.27. The molecule has 0 saturated carbocycles. The van der Waals surface area contributed by atoms with Crippen LogP contribution in [0.5, 0.6) is 11.6 Å². The third-order valence-electron chi connectivity index (χ3n) is 2.32. The molecule has 0 fully saturated rings. The van der Waals surface area contributed by atoms with Gasteiger partial charge in [-0.05, 0) is 17.7 Å². The van der Waals surface area contributed by atoms with Gasteiger partial charge in [-0.15, -0.1) is 0 Å². The van der Waals surface area contributed by atoms with Crippen LogP contribution < -0.4 is 4.74 Å². The van der Waals surface area contributed by atoms with E-state index in [-0.39, 0.29) is 17.3 Å². The van der Waals surface area contributed by atoms with Gasteiger partial charge in [0.1, 0.15) is 10.8 Å². The largest absolute Gasteiger partial charge is 0.439 e. The third kappa shape index (κ3) is 3.18. The molecule has 6 nitrogen and oxygen atoms in total. The quantitative estimate of drug-likeness (QED) is 0.687. The van der Waals surface area contributed by atoms with Crippen molar-refractivity contribution < 1.29 is 14.8 Å². The topological polar surface area (TPSA) is 85.5 Å². The van der Waals surface area contributed by atoms with Gasteiger partial charge < -0.3 is 9.84 Å². The second-order valence-corrected chi connectivity index (χ2v) is 4.04. The molecule has 19 heavy (non-hydrogen) atoms. The van der Waals surface area contributed by atoms with E-state index in [1.165, 1.54) is 24.4 Å². The van der Waals surface area contributed by atoms with Gasteiger partial charge in [0.05, 0.1) is 11.5 Å². The molecule has 7 heteroatoms. The summed E-state index contributed by atoms with van der Waals surface area (Å²) in [7, 11) is 0. The fourth-order valence-electron chi connectivity index (χ4n) is 1.38. The maximum atomic E-state index is 10.6. The molecular weight excluding hydrogens is 272 g/mol. The highest BCUT2D eigenvalue weighted by Gasteiger charge is 2.13. The molecule has 2 aromatic rings. The van der Waals surface area contributed by atoms with Crippen LogP contribution in [0.15, 0.2) is 36.5 Å². The van der Waals surface area contributed by atoms with Gasteiger partial charge in [0.2, 0.25) is 5.88 Å². The van der Waals surface area contributed by atoms with Gasteiger partial charge in [-0.1, -0.05) is 11.6 Å². The molecule has 0 spiro atoms. The van der Waals surface area contributed by atoms with Gasteiger partial charge in [0.25, 0.3) is 5.69 Å². The molecule has 0 unspecified atom stereocenters. The van der Waals surface area contributed by atoms with Crippen LogP contribution in [-0.2, 0) is 6.61 Å². The molecule has 0 radical (unpaired) electrons. The number of benzene rings is 1. The lowest BCUT2D eigenvalue weighted by molar-refractivity contribution is -0.384. The summed E-state index contributed by atoms with van der Waals surface area (Å²) in [5, 5.41) is 19.5. The van der Waals surface area contributed by atoms with Crippen LogP contribution in [0.3, 0.4) is 0 Å². The van der Waals surface area contributed by atoms with Crippen molar-refractivity contribution in [2.24, 2.45) is 0 Å². The van der Waals surface area contributed by atoms with E-state index in [9.17, 15) is 10.1 Å². The van der Waals surface area contributed by atoms with Crippen LogP contribution >= 0.6 is 11.6 Å². The second kappa shape index (κ2) is 5.64. The van der Waals surface area contributed by atoms with Crippen molar-refractivity contribution in [3.63, 3.8) is 0 Å². The Labute approximate surface area is 113 Å². The van der Waals surface area contributed by atoms with Crippen molar-refractivity contribution in [2.75, 3.05) is 0 Å². The Morgan fingerprint density at radius 2 is 2.16 bits per heavy atom. The Kier molecular flexibility index (Phi) is 3.94. The van der Waals surface area contributed by atoms with Crippen LogP contribution in [0, 0.1) is 10.1 Å². The highest BCUT2D eigenvalue weighted by atomic mass is 35.5. The van der Waals surface area contributed by atoms with Gasteiger partial charge in [0, 0.05) is 24.4 Å². The molecule has 1 aromatic carbocycles. The van der Waals surface area contributed by atoms with Gasteiger partial charge in [-0.2, -0.15) is 0 Å². The summed E-state index contributed by atoms with van der Waals surface area (Å²) >= 11 is 5.76. The van der Waals surface area contributed by atoms with Crippen molar-refractivity contribution in [3.05, 3.63) is 57.2 Å². The van der Waals surface area contributed by atoms with Crippen LogP contribution in [0.25, 0.3) is 0 Å². The summed E-state index contributed by atoms with van der Waals surface area (Å²) in [6.45, 7) is -0.101. The zero-order chi connectivity index (χ0) is 13.8. The number of hydrogen-bond donors (Lipinski definition) is 1. The Morgan fingerprint density at radius 1 is 1.37 bits per heavy atom.